The van der Waals surface area contributed by atoms with Gasteiger partial charge in [0.1, 0.15) is 0 Å². The first-order valence-electron chi connectivity index (χ1n) is 7.71. The van der Waals surface area contributed by atoms with Crippen molar-refractivity contribution in [3.05, 3.63) is 35.9 Å². The third-order valence-electron chi connectivity index (χ3n) is 4.50. The molecule has 1 aliphatic rings. The van der Waals surface area contributed by atoms with E-state index in [1.807, 2.05) is 30.3 Å². The maximum Gasteiger partial charge on any atom is 0.0666 e. The van der Waals surface area contributed by atoms with Crippen LogP contribution in [0.3, 0.4) is 0 Å². The summed E-state index contributed by atoms with van der Waals surface area (Å²) in [5, 5.41) is 9.63. The number of hydrogen-bond donors (Lipinski definition) is 2. The van der Waals surface area contributed by atoms with E-state index in [0.717, 1.165) is 24.3 Å². The van der Waals surface area contributed by atoms with Crippen molar-refractivity contribution in [3.8, 4) is 0 Å². The van der Waals surface area contributed by atoms with Crippen LogP contribution in [0.2, 0.25) is 0 Å². The van der Waals surface area contributed by atoms with Crippen LogP contribution in [0.1, 0.15) is 44.6 Å². The van der Waals surface area contributed by atoms with Gasteiger partial charge in [-0.05, 0) is 43.6 Å². The molecule has 2 rings (SSSR count). The fraction of sp³-hybridized carbons (Fsp3) is 0.647. The molecule has 0 amide bonds. The molecule has 0 radical (unpaired) electrons. The van der Waals surface area contributed by atoms with E-state index < -0.39 is 5.54 Å². The molecule has 0 bridgehead atoms. The van der Waals surface area contributed by atoms with E-state index in [-0.39, 0.29) is 6.61 Å². The van der Waals surface area contributed by atoms with E-state index in [0.29, 0.717) is 19.1 Å². The first-order valence-corrected chi connectivity index (χ1v) is 7.71. The Labute approximate surface area is 122 Å². The summed E-state index contributed by atoms with van der Waals surface area (Å²) in [6, 6.07) is 9.81. The lowest BCUT2D eigenvalue weighted by Crippen LogP contribution is -2.42. The molecule has 0 heterocycles. The summed E-state index contributed by atoms with van der Waals surface area (Å²) in [5.41, 5.74) is 6.61. The zero-order valence-corrected chi connectivity index (χ0v) is 12.4. The molecule has 1 unspecified atom stereocenters. The van der Waals surface area contributed by atoms with Gasteiger partial charge in [0.05, 0.1) is 18.2 Å². The Kier molecular flexibility index (Phi) is 5.58. The minimum atomic E-state index is -0.691. The Morgan fingerprint density at radius 1 is 1.20 bits per heavy atom. The third kappa shape index (κ3) is 4.05. The molecule has 0 aromatic heterocycles. The maximum absolute atomic E-state index is 9.63. The van der Waals surface area contributed by atoms with Crippen LogP contribution in [-0.2, 0) is 10.3 Å². The minimum Gasteiger partial charge on any atom is -0.394 e. The Hall–Kier alpha value is -0.900. The predicted octanol–water partition coefficient (Wildman–Crippen LogP) is 2.82. The average Bonchev–Trinajstić information content (AvgIpc) is 2.50. The molecule has 1 aromatic carbocycles. The number of rotatable bonds is 6. The quantitative estimate of drug-likeness (QED) is 0.840. The van der Waals surface area contributed by atoms with Crippen LogP contribution in [0, 0.1) is 5.92 Å². The van der Waals surface area contributed by atoms with Crippen molar-refractivity contribution in [1.29, 1.82) is 0 Å². The van der Waals surface area contributed by atoms with E-state index in [1.165, 1.54) is 12.8 Å². The summed E-state index contributed by atoms with van der Waals surface area (Å²) in [5.74, 6) is 0.838. The predicted molar refractivity (Wildman–Crippen MR) is 81.4 cm³/mol. The Balaban J connectivity index is 1.82. The molecule has 1 saturated carbocycles. The van der Waals surface area contributed by atoms with Gasteiger partial charge in [-0.25, -0.2) is 0 Å². The number of nitrogens with two attached hydrogens (primary N) is 1. The third-order valence-corrected chi connectivity index (χ3v) is 4.50. The lowest BCUT2D eigenvalue weighted by molar-refractivity contribution is 0.00614. The Morgan fingerprint density at radius 3 is 2.45 bits per heavy atom. The molecule has 112 valence electrons. The van der Waals surface area contributed by atoms with Gasteiger partial charge in [0, 0.05) is 6.61 Å². The molecule has 0 spiro atoms. The smallest absolute Gasteiger partial charge is 0.0666 e. The molecule has 0 aliphatic heterocycles. The number of benzene rings is 1. The molecule has 3 N–H and O–H groups in total. The standard InChI is InChI=1S/C17H27NO2/c1-14-7-9-16(10-8-14)20-12-11-17(18,13-19)15-5-3-2-4-6-15/h2-6,14,16,19H,7-13,18H2,1H3. The van der Waals surface area contributed by atoms with Crippen LogP contribution in [0.5, 0.6) is 0 Å². The van der Waals surface area contributed by atoms with E-state index >= 15 is 0 Å². The van der Waals surface area contributed by atoms with Gasteiger partial charge in [-0.15, -0.1) is 0 Å². The fourth-order valence-electron chi connectivity index (χ4n) is 2.89. The normalized spacial score (nSPS) is 26.1. The second kappa shape index (κ2) is 7.21. The van der Waals surface area contributed by atoms with Gasteiger partial charge in [0.2, 0.25) is 0 Å². The van der Waals surface area contributed by atoms with Crippen molar-refractivity contribution in [1.82, 2.24) is 0 Å². The molecule has 0 saturated heterocycles. The van der Waals surface area contributed by atoms with Crippen molar-refractivity contribution in [3.63, 3.8) is 0 Å². The molecule has 1 fully saturated rings. The lowest BCUT2D eigenvalue weighted by Gasteiger charge is -2.30. The van der Waals surface area contributed by atoms with Gasteiger partial charge in [0.25, 0.3) is 0 Å². The highest BCUT2D eigenvalue weighted by molar-refractivity contribution is 5.23. The molecule has 1 aliphatic carbocycles. The second-order valence-corrected chi connectivity index (χ2v) is 6.18. The van der Waals surface area contributed by atoms with Gasteiger partial charge in [-0.1, -0.05) is 37.3 Å². The monoisotopic (exact) mass is 277 g/mol. The summed E-state index contributed by atoms with van der Waals surface area (Å²) in [4.78, 5) is 0. The first kappa shape index (κ1) is 15.5. The highest BCUT2D eigenvalue weighted by atomic mass is 16.5. The fourth-order valence-corrected chi connectivity index (χ4v) is 2.89. The summed E-state index contributed by atoms with van der Waals surface area (Å²) < 4.78 is 5.96. The van der Waals surface area contributed by atoms with Crippen LogP contribution < -0.4 is 5.73 Å². The van der Waals surface area contributed by atoms with Crippen molar-refractivity contribution < 1.29 is 9.84 Å². The largest absolute Gasteiger partial charge is 0.394 e. The number of aliphatic hydroxyl groups is 1. The van der Waals surface area contributed by atoms with Crippen LogP contribution >= 0.6 is 0 Å². The van der Waals surface area contributed by atoms with Gasteiger partial charge in [-0.2, -0.15) is 0 Å². The average molecular weight is 277 g/mol. The van der Waals surface area contributed by atoms with Crippen molar-refractivity contribution in [2.24, 2.45) is 11.7 Å². The number of ether oxygens (including phenoxy) is 1. The van der Waals surface area contributed by atoms with Crippen LogP contribution in [-0.4, -0.2) is 24.4 Å². The molecule has 1 aromatic rings. The molecular weight excluding hydrogens is 250 g/mol. The van der Waals surface area contributed by atoms with E-state index in [9.17, 15) is 5.11 Å². The lowest BCUT2D eigenvalue weighted by atomic mass is 9.88. The van der Waals surface area contributed by atoms with E-state index in [4.69, 9.17) is 10.5 Å². The summed E-state index contributed by atoms with van der Waals surface area (Å²) in [6.07, 6.45) is 5.87. The number of aliphatic hydroxyl groups excluding tert-OH is 1. The number of hydrogen-bond acceptors (Lipinski definition) is 3. The van der Waals surface area contributed by atoms with Crippen LogP contribution in [0.25, 0.3) is 0 Å². The zero-order chi connectivity index (χ0) is 14.4. The van der Waals surface area contributed by atoms with Crippen LogP contribution in [0.4, 0.5) is 0 Å². The topological polar surface area (TPSA) is 55.5 Å². The Morgan fingerprint density at radius 2 is 1.85 bits per heavy atom. The Bertz CT molecular complexity index is 387. The summed E-state index contributed by atoms with van der Waals surface area (Å²) in [7, 11) is 0. The van der Waals surface area contributed by atoms with Gasteiger partial charge in [0.15, 0.2) is 0 Å². The molecule has 3 heteroatoms. The van der Waals surface area contributed by atoms with Crippen molar-refractivity contribution in [2.75, 3.05) is 13.2 Å². The van der Waals surface area contributed by atoms with Gasteiger partial charge in [-0.3, -0.25) is 0 Å². The summed E-state index contributed by atoms with van der Waals surface area (Å²) >= 11 is 0. The highest BCUT2D eigenvalue weighted by Gasteiger charge is 2.27. The van der Waals surface area contributed by atoms with Gasteiger partial charge >= 0.3 is 0 Å². The van der Waals surface area contributed by atoms with E-state index in [1.54, 1.807) is 0 Å². The SMILES string of the molecule is CC1CCC(OCCC(N)(CO)c2ccccc2)CC1. The molecule has 1 atom stereocenters. The van der Waals surface area contributed by atoms with Crippen LogP contribution in [0.15, 0.2) is 30.3 Å². The highest BCUT2D eigenvalue weighted by Crippen LogP contribution is 2.27. The second-order valence-electron chi connectivity index (χ2n) is 6.18. The van der Waals surface area contributed by atoms with E-state index in [2.05, 4.69) is 6.92 Å². The van der Waals surface area contributed by atoms with Crippen molar-refractivity contribution in [2.45, 2.75) is 50.7 Å². The van der Waals surface area contributed by atoms with Crippen molar-refractivity contribution >= 4 is 0 Å². The molecule has 20 heavy (non-hydrogen) atoms. The molecular formula is C17H27NO2. The first-order chi connectivity index (χ1) is 9.64. The zero-order valence-electron chi connectivity index (χ0n) is 12.4. The maximum atomic E-state index is 9.63. The molecule has 3 nitrogen and oxygen atoms in total. The minimum absolute atomic E-state index is 0.0535. The summed E-state index contributed by atoms with van der Waals surface area (Å²) in [6.45, 7) is 2.87. The van der Waals surface area contributed by atoms with Gasteiger partial charge < -0.3 is 15.6 Å².